The Morgan fingerprint density at radius 2 is 1.79 bits per heavy atom. The monoisotopic (exact) mass is 336 g/mol. The topological polar surface area (TPSA) is 49.4 Å². The molecule has 2 amide bonds. The third-order valence-corrected chi connectivity index (χ3v) is 3.92. The van der Waals surface area contributed by atoms with E-state index in [1.54, 1.807) is 24.0 Å². The van der Waals surface area contributed by atoms with E-state index >= 15 is 0 Å². The van der Waals surface area contributed by atoms with Crippen molar-refractivity contribution in [2.75, 3.05) is 6.54 Å². The fraction of sp³-hybridized carbons (Fsp3) is 0.579. The highest BCUT2D eigenvalue weighted by atomic mass is 19.1. The van der Waals surface area contributed by atoms with E-state index in [4.69, 9.17) is 0 Å². The summed E-state index contributed by atoms with van der Waals surface area (Å²) in [5.74, 6) is -0.0159. The van der Waals surface area contributed by atoms with Crippen molar-refractivity contribution < 1.29 is 14.0 Å². The number of nitrogens with one attached hydrogen (secondary N) is 1. The van der Waals surface area contributed by atoms with Gasteiger partial charge in [-0.1, -0.05) is 32.9 Å². The zero-order valence-corrected chi connectivity index (χ0v) is 15.1. The molecule has 0 spiro atoms. The quantitative estimate of drug-likeness (QED) is 0.750. The van der Waals surface area contributed by atoms with Crippen molar-refractivity contribution in [1.29, 1.82) is 0 Å². The Morgan fingerprint density at radius 3 is 2.33 bits per heavy atom. The Hall–Kier alpha value is -1.91. The minimum Gasteiger partial charge on any atom is -0.354 e. The second kappa shape index (κ2) is 10.1. The predicted molar refractivity (Wildman–Crippen MR) is 93.8 cm³/mol. The lowest BCUT2D eigenvalue weighted by molar-refractivity contribution is -0.140. The molecule has 0 fully saturated rings. The molecule has 1 aromatic rings. The van der Waals surface area contributed by atoms with Crippen molar-refractivity contribution >= 4 is 11.8 Å². The molecule has 4 nitrogen and oxygen atoms in total. The molecule has 134 valence electrons. The molecular weight excluding hydrogens is 307 g/mol. The first-order chi connectivity index (χ1) is 11.3. The summed E-state index contributed by atoms with van der Waals surface area (Å²) in [6.45, 7) is 8.77. The molecule has 0 radical (unpaired) electrons. The molecule has 0 heterocycles. The molecule has 0 aliphatic heterocycles. The van der Waals surface area contributed by atoms with Crippen molar-refractivity contribution in [2.45, 2.75) is 59.5 Å². The summed E-state index contributed by atoms with van der Waals surface area (Å²) >= 11 is 0. The van der Waals surface area contributed by atoms with Gasteiger partial charge in [-0.2, -0.15) is 0 Å². The van der Waals surface area contributed by atoms with Crippen LogP contribution in [0.25, 0.3) is 0 Å². The first-order valence-electron chi connectivity index (χ1n) is 8.66. The van der Waals surface area contributed by atoms with Crippen LogP contribution in [0.3, 0.4) is 0 Å². The average Bonchev–Trinajstić information content (AvgIpc) is 2.53. The van der Waals surface area contributed by atoms with Crippen LogP contribution < -0.4 is 5.32 Å². The van der Waals surface area contributed by atoms with Gasteiger partial charge in [0.25, 0.3) is 0 Å². The SMILES string of the molecule is CCCC(=O)N(Cc1ccc(F)cc1)[C@H](C)C(=O)NCCC(C)C. The number of carbonyl (C=O) groups excluding carboxylic acids is 2. The van der Waals surface area contributed by atoms with Gasteiger partial charge in [0.15, 0.2) is 0 Å². The zero-order valence-electron chi connectivity index (χ0n) is 15.1. The van der Waals surface area contributed by atoms with Crippen molar-refractivity contribution in [3.05, 3.63) is 35.6 Å². The highest BCUT2D eigenvalue weighted by molar-refractivity contribution is 5.87. The fourth-order valence-corrected chi connectivity index (χ4v) is 2.36. The van der Waals surface area contributed by atoms with Gasteiger partial charge in [-0.25, -0.2) is 4.39 Å². The van der Waals surface area contributed by atoms with Crippen LogP contribution in [0.1, 0.15) is 52.5 Å². The smallest absolute Gasteiger partial charge is 0.242 e. The third-order valence-electron chi connectivity index (χ3n) is 3.92. The summed E-state index contributed by atoms with van der Waals surface area (Å²) in [6.07, 6.45) is 2.02. The van der Waals surface area contributed by atoms with Crippen molar-refractivity contribution in [3.63, 3.8) is 0 Å². The van der Waals surface area contributed by atoms with Crippen molar-refractivity contribution in [3.8, 4) is 0 Å². The Bertz CT molecular complexity index is 529. The average molecular weight is 336 g/mol. The summed E-state index contributed by atoms with van der Waals surface area (Å²) in [5, 5.41) is 2.89. The lowest BCUT2D eigenvalue weighted by Crippen LogP contribution is -2.47. The maximum absolute atomic E-state index is 13.1. The molecule has 5 heteroatoms. The maximum atomic E-state index is 13.1. The molecule has 0 bridgehead atoms. The van der Waals surface area contributed by atoms with Gasteiger partial charge in [0.05, 0.1) is 0 Å². The summed E-state index contributed by atoms with van der Waals surface area (Å²) in [6, 6.07) is 5.47. The van der Waals surface area contributed by atoms with Crippen LogP contribution in [-0.4, -0.2) is 29.3 Å². The highest BCUT2D eigenvalue weighted by Gasteiger charge is 2.25. The second-order valence-electron chi connectivity index (χ2n) is 6.55. The first kappa shape index (κ1) is 20.1. The van der Waals surface area contributed by atoms with Crippen LogP contribution in [0, 0.1) is 11.7 Å². The Morgan fingerprint density at radius 1 is 1.17 bits per heavy atom. The van der Waals surface area contributed by atoms with Gasteiger partial charge in [-0.15, -0.1) is 0 Å². The van der Waals surface area contributed by atoms with Crippen LogP contribution in [0.2, 0.25) is 0 Å². The lowest BCUT2D eigenvalue weighted by atomic mass is 10.1. The molecule has 24 heavy (non-hydrogen) atoms. The summed E-state index contributed by atoms with van der Waals surface area (Å²) in [4.78, 5) is 26.3. The molecule has 1 N–H and O–H groups in total. The van der Waals surface area contributed by atoms with Crippen LogP contribution in [-0.2, 0) is 16.1 Å². The van der Waals surface area contributed by atoms with Crippen LogP contribution >= 0.6 is 0 Å². The van der Waals surface area contributed by atoms with E-state index in [1.807, 2.05) is 6.92 Å². The van der Waals surface area contributed by atoms with Gasteiger partial charge in [-0.05, 0) is 43.4 Å². The van der Waals surface area contributed by atoms with E-state index in [-0.39, 0.29) is 17.6 Å². The number of nitrogens with zero attached hydrogens (tertiary/aromatic N) is 1. The third kappa shape index (κ3) is 6.69. The molecule has 0 aliphatic rings. The van der Waals surface area contributed by atoms with Crippen molar-refractivity contribution in [2.24, 2.45) is 5.92 Å². The minimum atomic E-state index is -0.554. The van der Waals surface area contributed by atoms with E-state index in [2.05, 4.69) is 19.2 Å². The zero-order chi connectivity index (χ0) is 18.1. The molecule has 0 saturated carbocycles. The highest BCUT2D eigenvalue weighted by Crippen LogP contribution is 2.12. The van der Waals surface area contributed by atoms with Crippen LogP contribution in [0.15, 0.2) is 24.3 Å². The molecule has 1 rings (SSSR count). The number of carbonyl (C=O) groups is 2. The number of hydrogen-bond donors (Lipinski definition) is 1. The van der Waals surface area contributed by atoms with E-state index in [9.17, 15) is 14.0 Å². The Kier molecular flexibility index (Phi) is 8.44. The Labute approximate surface area is 144 Å². The van der Waals surface area contributed by atoms with E-state index in [0.29, 0.717) is 25.4 Å². The minimum absolute atomic E-state index is 0.0617. The second-order valence-corrected chi connectivity index (χ2v) is 6.55. The molecule has 0 aromatic heterocycles. The standard InChI is InChI=1S/C19H29FN2O2/c1-5-6-18(23)22(13-16-7-9-17(20)10-8-16)15(4)19(24)21-12-11-14(2)3/h7-10,14-15H,5-6,11-13H2,1-4H3,(H,21,24)/t15-/m1/s1. The summed E-state index contributed by atoms with van der Waals surface area (Å²) in [5.41, 5.74) is 0.808. The first-order valence-corrected chi connectivity index (χ1v) is 8.66. The number of benzene rings is 1. The van der Waals surface area contributed by atoms with Crippen molar-refractivity contribution in [1.82, 2.24) is 10.2 Å². The van der Waals surface area contributed by atoms with Gasteiger partial charge >= 0.3 is 0 Å². The largest absolute Gasteiger partial charge is 0.354 e. The number of halogens is 1. The lowest BCUT2D eigenvalue weighted by Gasteiger charge is -2.29. The summed E-state index contributed by atoms with van der Waals surface area (Å²) in [7, 11) is 0. The molecule has 1 atom stereocenters. The van der Waals surface area contributed by atoms with Gasteiger partial charge in [-0.3, -0.25) is 9.59 Å². The van der Waals surface area contributed by atoms with Gasteiger partial charge in [0.2, 0.25) is 11.8 Å². The maximum Gasteiger partial charge on any atom is 0.242 e. The number of amides is 2. The summed E-state index contributed by atoms with van der Waals surface area (Å²) < 4.78 is 13.1. The normalized spacial score (nSPS) is 12.1. The van der Waals surface area contributed by atoms with Gasteiger partial charge in [0, 0.05) is 19.5 Å². The number of rotatable bonds is 9. The Balaban J connectivity index is 2.78. The van der Waals surface area contributed by atoms with E-state index in [0.717, 1.165) is 18.4 Å². The number of hydrogen-bond acceptors (Lipinski definition) is 2. The molecule has 0 aliphatic carbocycles. The van der Waals surface area contributed by atoms with E-state index in [1.165, 1.54) is 12.1 Å². The molecular formula is C19H29FN2O2. The molecule has 0 unspecified atom stereocenters. The molecule has 1 aromatic carbocycles. The fourth-order valence-electron chi connectivity index (χ4n) is 2.36. The predicted octanol–water partition coefficient (Wildman–Crippen LogP) is 3.51. The van der Waals surface area contributed by atoms with Crippen LogP contribution in [0.4, 0.5) is 4.39 Å². The van der Waals surface area contributed by atoms with E-state index < -0.39 is 6.04 Å². The van der Waals surface area contributed by atoms with Gasteiger partial charge < -0.3 is 10.2 Å². The van der Waals surface area contributed by atoms with Crippen LogP contribution in [0.5, 0.6) is 0 Å². The molecule has 0 saturated heterocycles. The van der Waals surface area contributed by atoms with Gasteiger partial charge in [0.1, 0.15) is 11.9 Å².